The average molecular weight is 360 g/mol. The molecule has 0 saturated carbocycles. The van der Waals surface area contributed by atoms with Crippen molar-refractivity contribution in [3.05, 3.63) is 12.2 Å². The van der Waals surface area contributed by atoms with Gasteiger partial charge in [0.1, 0.15) is 0 Å². The van der Waals surface area contributed by atoms with Crippen LogP contribution in [0.15, 0.2) is 12.2 Å². The van der Waals surface area contributed by atoms with Crippen LogP contribution in [0.5, 0.6) is 0 Å². The Hall–Kier alpha value is -1.82. The smallest absolute Gasteiger partial charge is 0.221 e. The minimum atomic E-state index is -0.524. The standard InChI is InChI=1S/C21H33N3O2/c1-7-10-12-18(25)23-20(21(4,26-6)13-9-3)19-16(11-8-2)14-17(15-22)24(19)5/h1,8,11,16-17,19-20H,9-10,12-14H2,2-6H3,(H,23,25)/b11-8-/t16-,17-,19-,20-,21?/m1/s1. The Morgan fingerprint density at radius 3 is 2.77 bits per heavy atom. The van der Waals surface area contributed by atoms with Crippen LogP contribution in [0, 0.1) is 29.6 Å². The lowest BCUT2D eigenvalue weighted by atomic mass is 9.80. The van der Waals surface area contributed by atoms with Crippen LogP contribution in [-0.4, -0.2) is 48.7 Å². The summed E-state index contributed by atoms with van der Waals surface area (Å²) in [6.45, 7) is 6.14. The highest BCUT2D eigenvalue weighted by Gasteiger charge is 2.49. The van der Waals surface area contributed by atoms with Gasteiger partial charge >= 0.3 is 0 Å². The van der Waals surface area contributed by atoms with E-state index in [1.54, 1.807) is 7.11 Å². The quantitative estimate of drug-likeness (QED) is 0.508. The van der Waals surface area contributed by atoms with Crippen molar-refractivity contribution in [2.75, 3.05) is 14.2 Å². The molecule has 26 heavy (non-hydrogen) atoms. The molecule has 0 radical (unpaired) electrons. The molecule has 1 N–H and O–H groups in total. The lowest BCUT2D eigenvalue weighted by molar-refractivity contribution is -0.126. The summed E-state index contributed by atoms with van der Waals surface area (Å²) in [6.07, 6.45) is 12.7. The van der Waals surface area contributed by atoms with Crippen molar-refractivity contribution >= 4 is 5.91 Å². The molecule has 1 rings (SSSR count). The van der Waals surface area contributed by atoms with Crippen molar-refractivity contribution in [3.8, 4) is 18.4 Å². The lowest BCUT2D eigenvalue weighted by Gasteiger charge is -2.44. The zero-order valence-corrected chi connectivity index (χ0v) is 16.8. The second-order valence-electron chi connectivity index (χ2n) is 7.24. The number of amides is 1. The first-order valence-corrected chi connectivity index (χ1v) is 9.40. The van der Waals surface area contributed by atoms with Gasteiger partial charge in [-0.15, -0.1) is 12.3 Å². The Labute approximate surface area is 158 Å². The van der Waals surface area contributed by atoms with E-state index < -0.39 is 5.60 Å². The predicted octanol–water partition coefficient (Wildman–Crippen LogP) is 2.88. The van der Waals surface area contributed by atoms with Crippen LogP contribution in [-0.2, 0) is 9.53 Å². The molecule has 0 aliphatic carbocycles. The fourth-order valence-electron chi connectivity index (χ4n) is 4.05. The van der Waals surface area contributed by atoms with E-state index in [1.165, 1.54) is 0 Å². The number of nitriles is 1. The zero-order chi connectivity index (χ0) is 19.7. The number of hydrogen-bond acceptors (Lipinski definition) is 4. The normalized spacial score (nSPS) is 26.8. The summed E-state index contributed by atoms with van der Waals surface area (Å²) < 4.78 is 5.91. The molecule has 144 valence electrons. The fraction of sp³-hybridized carbons (Fsp3) is 0.714. The second kappa shape index (κ2) is 10.4. The summed E-state index contributed by atoms with van der Waals surface area (Å²) in [7, 11) is 3.66. The van der Waals surface area contributed by atoms with E-state index in [-0.39, 0.29) is 30.0 Å². The number of allylic oxidation sites excluding steroid dienone is 1. The number of nitrogens with one attached hydrogen (secondary N) is 1. The molecule has 0 bridgehead atoms. The number of likely N-dealkylation sites (N-methyl/N-ethyl adjacent to an activating group) is 1. The van der Waals surface area contributed by atoms with E-state index in [2.05, 4.69) is 35.2 Å². The maximum Gasteiger partial charge on any atom is 0.221 e. The number of methoxy groups -OCH3 is 1. The lowest BCUT2D eigenvalue weighted by Crippen LogP contribution is -2.62. The Balaban J connectivity index is 3.26. The highest BCUT2D eigenvalue weighted by Crippen LogP contribution is 2.37. The molecule has 0 aromatic rings. The third-order valence-electron chi connectivity index (χ3n) is 5.51. The van der Waals surface area contributed by atoms with Crippen LogP contribution in [0.2, 0.25) is 0 Å². The first kappa shape index (κ1) is 22.2. The van der Waals surface area contributed by atoms with Gasteiger partial charge < -0.3 is 10.1 Å². The Kier molecular flexibility index (Phi) is 8.85. The first-order valence-electron chi connectivity index (χ1n) is 9.40. The summed E-state index contributed by atoms with van der Waals surface area (Å²) in [5.74, 6) is 2.63. The highest BCUT2D eigenvalue weighted by atomic mass is 16.5. The van der Waals surface area contributed by atoms with Crippen LogP contribution >= 0.6 is 0 Å². The number of nitrogens with zero attached hydrogens (tertiary/aromatic N) is 2. The maximum absolute atomic E-state index is 12.5. The van der Waals surface area contributed by atoms with Gasteiger partial charge in [0, 0.05) is 26.0 Å². The molecule has 1 unspecified atom stereocenters. The van der Waals surface area contributed by atoms with Crippen LogP contribution in [0.25, 0.3) is 0 Å². The van der Waals surface area contributed by atoms with Gasteiger partial charge in [-0.05, 0) is 39.7 Å². The SMILES string of the molecule is C#CCCC(=O)N[C@H]([C@H]1[C@H](/C=C\C)C[C@H](C#N)N1C)C(C)(CCC)OC. The fourth-order valence-corrected chi connectivity index (χ4v) is 4.05. The highest BCUT2D eigenvalue weighted by molar-refractivity contribution is 5.76. The number of rotatable bonds is 9. The van der Waals surface area contributed by atoms with Gasteiger partial charge in [-0.3, -0.25) is 9.69 Å². The third-order valence-corrected chi connectivity index (χ3v) is 5.51. The average Bonchev–Trinajstić information content (AvgIpc) is 2.93. The molecule has 1 heterocycles. The maximum atomic E-state index is 12.5. The van der Waals surface area contributed by atoms with Crippen molar-refractivity contribution in [1.82, 2.24) is 10.2 Å². The second-order valence-corrected chi connectivity index (χ2v) is 7.24. The molecule has 1 fully saturated rings. The Morgan fingerprint density at radius 1 is 1.58 bits per heavy atom. The number of ether oxygens (including phenoxy) is 1. The van der Waals surface area contributed by atoms with E-state index in [1.807, 2.05) is 27.0 Å². The van der Waals surface area contributed by atoms with Crippen LogP contribution in [0.4, 0.5) is 0 Å². The van der Waals surface area contributed by atoms with E-state index in [9.17, 15) is 10.1 Å². The number of hydrogen-bond donors (Lipinski definition) is 1. The van der Waals surface area contributed by atoms with E-state index in [0.29, 0.717) is 12.8 Å². The van der Waals surface area contributed by atoms with Gasteiger partial charge in [-0.2, -0.15) is 5.26 Å². The number of likely N-dealkylation sites (tertiary alicyclic amines) is 1. The molecule has 1 amide bonds. The number of terminal acetylenes is 1. The molecule has 0 spiro atoms. The van der Waals surface area contributed by atoms with E-state index >= 15 is 0 Å². The predicted molar refractivity (Wildman–Crippen MR) is 104 cm³/mol. The largest absolute Gasteiger partial charge is 0.376 e. The van der Waals surface area contributed by atoms with E-state index in [0.717, 1.165) is 19.3 Å². The molecule has 5 nitrogen and oxygen atoms in total. The number of carbonyl (C=O) groups excluding carboxylic acids is 1. The molecule has 1 aliphatic heterocycles. The zero-order valence-electron chi connectivity index (χ0n) is 16.8. The molecular weight excluding hydrogens is 326 g/mol. The van der Waals surface area contributed by atoms with Crippen LogP contribution in [0.3, 0.4) is 0 Å². The summed E-state index contributed by atoms with van der Waals surface area (Å²) in [6, 6.07) is 1.97. The molecule has 5 atom stereocenters. The van der Waals surface area contributed by atoms with Crippen LogP contribution in [0.1, 0.15) is 52.9 Å². The molecule has 0 aromatic carbocycles. The van der Waals surface area contributed by atoms with Gasteiger partial charge in [0.2, 0.25) is 5.91 Å². The molecular formula is C21H33N3O2. The molecule has 5 heteroatoms. The minimum absolute atomic E-state index is 0.0119. The van der Waals surface area contributed by atoms with Gasteiger partial charge in [-0.25, -0.2) is 0 Å². The summed E-state index contributed by atoms with van der Waals surface area (Å²) in [5, 5.41) is 12.7. The Morgan fingerprint density at radius 2 is 2.27 bits per heavy atom. The summed E-state index contributed by atoms with van der Waals surface area (Å²) in [4.78, 5) is 14.6. The summed E-state index contributed by atoms with van der Waals surface area (Å²) >= 11 is 0. The van der Waals surface area contributed by atoms with Gasteiger partial charge in [0.25, 0.3) is 0 Å². The minimum Gasteiger partial charge on any atom is -0.376 e. The Bertz CT molecular complexity index is 575. The van der Waals surface area contributed by atoms with Gasteiger partial charge in [0.05, 0.1) is 23.8 Å². The third kappa shape index (κ3) is 5.10. The molecule has 0 aromatic heterocycles. The van der Waals surface area contributed by atoms with Gasteiger partial charge in [0.15, 0.2) is 0 Å². The van der Waals surface area contributed by atoms with Gasteiger partial charge in [-0.1, -0.05) is 25.5 Å². The van der Waals surface area contributed by atoms with Crippen LogP contribution < -0.4 is 5.32 Å². The van der Waals surface area contributed by atoms with Crippen molar-refractivity contribution in [1.29, 1.82) is 5.26 Å². The first-order chi connectivity index (χ1) is 12.4. The molecule has 1 saturated heterocycles. The van der Waals surface area contributed by atoms with Crippen molar-refractivity contribution < 1.29 is 9.53 Å². The van der Waals surface area contributed by atoms with E-state index in [4.69, 9.17) is 11.2 Å². The molecule has 1 aliphatic rings. The summed E-state index contributed by atoms with van der Waals surface area (Å²) in [5.41, 5.74) is -0.524. The van der Waals surface area contributed by atoms with Crippen molar-refractivity contribution in [2.24, 2.45) is 5.92 Å². The van der Waals surface area contributed by atoms with Crippen molar-refractivity contribution in [2.45, 2.75) is 76.6 Å². The number of carbonyl (C=O) groups is 1. The topological polar surface area (TPSA) is 65.4 Å². The monoisotopic (exact) mass is 359 g/mol. The van der Waals surface area contributed by atoms with Crippen molar-refractivity contribution in [3.63, 3.8) is 0 Å².